The van der Waals surface area contributed by atoms with Crippen molar-refractivity contribution in [3.63, 3.8) is 0 Å². The lowest BCUT2D eigenvalue weighted by Gasteiger charge is -2.07. The summed E-state index contributed by atoms with van der Waals surface area (Å²) in [4.78, 5) is 16.1. The van der Waals surface area contributed by atoms with Crippen LogP contribution in [0.2, 0.25) is 0 Å². The summed E-state index contributed by atoms with van der Waals surface area (Å²) in [5.74, 6) is 1.14. The first kappa shape index (κ1) is 13.1. The molecule has 5 heteroatoms. The summed E-state index contributed by atoms with van der Waals surface area (Å²) in [5.41, 5.74) is 7.71. The first-order valence-electron chi connectivity index (χ1n) is 6.18. The van der Waals surface area contributed by atoms with Gasteiger partial charge in [-0.2, -0.15) is 0 Å². The van der Waals surface area contributed by atoms with Gasteiger partial charge in [-0.05, 0) is 24.6 Å². The summed E-state index contributed by atoms with van der Waals surface area (Å²) in [6, 6.07) is 5.26. The predicted molar refractivity (Wildman–Crippen MR) is 72.6 cm³/mol. The topological polar surface area (TPSA) is 81.2 Å². The number of amides is 1. The van der Waals surface area contributed by atoms with Gasteiger partial charge in [0.25, 0.3) is 5.91 Å². The number of anilines is 1. The molecular weight excluding hydrogens is 242 g/mol. The molecule has 0 atom stereocenters. The largest absolute Gasteiger partial charge is 0.444 e. The van der Waals surface area contributed by atoms with Crippen molar-refractivity contribution in [2.75, 3.05) is 5.73 Å². The number of aromatic nitrogens is 1. The van der Waals surface area contributed by atoms with E-state index in [2.05, 4.69) is 10.3 Å². The summed E-state index contributed by atoms with van der Waals surface area (Å²) in [6.07, 6.45) is 2.46. The van der Waals surface area contributed by atoms with E-state index in [1.165, 1.54) is 0 Å². The zero-order valence-corrected chi connectivity index (χ0v) is 11.1. The number of hydrogen-bond donors (Lipinski definition) is 2. The number of nitrogens with one attached hydrogen (secondary N) is 1. The van der Waals surface area contributed by atoms with Crippen LogP contribution in [-0.2, 0) is 13.0 Å². The van der Waals surface area contributed by atoms with Crippen molar-refractivity contribution in [2.45, 2.75) is 26.8 Å². The number of oxazole rings is 1. The lowest BCUT2D eigenvalue weighted by atomic mass is 10.1. The minimum Gasteiger partial charge on any atom is -0.444 e. The summed E-state index contributed by atoms with van der Waals surface area (Å²) >= 11 is 0. The predicted octanol–water partition coefficient (Wildman–Crippen LogP) is 2.06. The minimum atomic E-state index is -0.180. The number of hydrogen-bond acceptors (Lipinski definition) is 4. The number of aryl methyl sites for hydroxylation is 2. The van der Waals surface area contributed by atoms with Crippen LogP contribution in [-0.4, -0.2) is 10.9 Å². The Labute approximate surface area is 111 Å². The highest BCUT2D eigenvalue weighted by Crippen LogP contribution is 2.12. The van der Waals surface area contributed by atoms with E-state index in [1.54, 1.807) is 18.3 Å². The smallest absolute Gasteiger partial charge is 0.252 e. The van der Waals surface area contributed by atoms with Crippen LogP contribution in [0.4, 0.5) is 5.69 Å². The number of benzene rings is 1. The van der Waals surface area contributed by atoms with Crippen molar-refractivity contribution in [1.29, 1.82) is 0 Å². The quantitative estimate of drug-likeness (QED) is 0.823. The zero-order chi connectivity index (χ0) is 13.8. The Morgan fingerprint density at radius 3 is 2.95 bits per heavy atom. The van der Waals surface area contributed by atoms with Crippen LogP contribution in [0.3, 0.4) is 0 Å². The molecule has 0 aliphatic carbocycles. The number of rotatable bonds is 4. The molecule has 5 nitrogen and oxygen atoms in total. The summed E-state index contributed by atoms with van der Waals surface area (Å²) in [6.45, 7) is 4.13. The highest BCUT2D eigenvalue weighted by molar-refractivity contribution is 5.96. The fourth-order valence-electron chi connectivity index (χ4n) is 1.73. The number of carbonyl (C=O) groups excluding carboxylic acids is 1. The van der Waals surface area contributed by atoms with E-state index in [1.807, 2.05) is 19.9 Å². The number of nitrogens with two attached hydrogens (primary N) is 1. The molecule has 0 unspecified atom stereocenters. The maximum Gasteiger partial charge on any atom is 0.252 e. The Bertz CT molecular complexity index is 590. The molecule has 1 heterocycles. The van der Waals surface area contributed by atoms with Crippen molar-refractivity contribution < 1.29 is 9.21 Å². The minimum absolute atomic E-state index is 0.180. The molecule has 0 aliphatic rings. The SMILES string of the molecule is CCc1cnc(CNC(=O)c2cc(N)ccc2C)o1. The molecule has 2 aromatic rings. The number of nitrogen functional groups attached to an aromatic ring is 1. The molecule has 1 aromatic heterocycles. The summed E-state index contributed by atoms with van der Waals surface area (Å²) in [7, 11) is 0. The lowest BCUT2D eigenvalue weighted by molar-refractivity contribution is 0.0946. The van der Waals surface area contributed by atoms with E-state index in [-0.39, 0.29) is 12.5 Å². The molecule has 0 saturated carbocycles. The Morgan fingerprint density at radius 1 is 1.47 bits per heavy atom. The Kier molecular flexibility index (Phi) is 3.85. The molecule has 100 valence electrons. The molecule has 0 fully saturated rings. The first-order chi connectivity index (χ1) is 9.10. The highest BCUT2D eigenvalue weighted by Gasteiger charge is 2.10. The van der Waals surface area contributed by atoms with Crippen LogP contribution >= 0.6 is 0 Å². The van der Waals surface area contributed by atoms with Gasteiger partial charge in [0.15, 0.2) is 0 Å². The van der Waals surface area contributed by atoms with Gasteiger partial charge in [0.05, 0.1) is 12.7 Å². The third-order valence-corrected chi connectivity index (χ3v) is 2.86. The molecule has 1 amide bonds. The van der Waals surface area contributed by atoms with Gasteiger partial charge in [-0.25, -0.2) is 4.98 Å². The van der Waals surface area contributed by atoms with Crippen LogP contribution in [0.5, 0.6) is 0 Å². The molecule has 2 rings (SSSR count). The highest BCUT2D eigenvalue weighted by atomic mass is 16.4. The van der Waals surface area contributed by atoms with Gasteiger partial charge in [0.2, 0.25) is 5.89 Å². The second-order valence-corrected chi connectivity index (χ2v) is 4.33. The Balaban J connectivity index is 2.03. The van der Waals surface area contributed by atoms with Crippen LogP contribution in [0.25, 0.3) is 0 Å². The fraction of sp³-hybridized carbons (Fsp3) is 0.286. The van der Waals surface area contributed by atoms with Crippen molar-refractivity contribution in [3.05, 3.63) is 47.2 Å². The van der Waals surface area contributed by atoms with Crippen LogP contribution < -0.4 is 11.1 Å². The normalized spacial score (nSPS) is 10.4. The number of carbonyl (C=O) groups is 1. The monoisotopic (exact) mass is 259 g/mol. The molecule has 0 aliphatic heterocycles. The van der Waals surface area contributed by atoms with Gasteiger partial charge in [-0.1, -0.05) is 13.0 Å². The maximum atomic E-state index is 12.0. The van der Waals surface area contributed by atoms with Gasteiger partial charge in [0, 0.05) is 17.7 Å². The fourth-order valence-corrected chi connectivity index (χ4v) is 1.73. The van der Waals surface area contributed by atoms with Crippen LogP contribution in [0.15, 0.2) is 28.8 Å². The van der Waals surface area contributed by atoms with E-state index >= 15 is 0 Å². The third kappa shape index (κ3) is 3.13. The molecule has 0 spiro atoms. The van der Waals surface area contributed by atoms with Gasteiger partial charge in [0.1, 0.15) is 5.76 Å². The molecule has 0 bridgehead atoms. The van der Waals surface area contributed by atoms with Gasteiger partial charge >= 0.3 is 0 Å². The molecule has 0 saturated heterocycles. The molecule has 0 radical (unpaired) electrons. The standard InChI is InChI=1S/C14H17N3O2/c1-3-11-7-16-13(19-11)8-17-14(18)12-6-10(15)5-4-9(12)2/h4-7H,3,8,15H2,1-2H3,(H,17,18). The van der Waals surface area contributed by atoms with E-state index in [9.17, 15) is 4.79 Å². The van der Waals surface area contributed by atoms with E-state index in [4.69, 9.17) is 10.2 Å². The van der Waals surface area contributed by atoms with E-state index < -0.39 is 0 Å². The van der Waals surface area contributed by atoms with Gasteiger partial charge < -0.3 is 15.5 Å². The van der Waals surface area contributed by atoms with Crippen molar-refractivity contribution in [1.82, 2.24) is 10.3 Å². The van der Waals surface area contributed by atoms with Crippen molar-refractivity contribution in [3.8, 4) is 0 Å². The van der Waals surface area contributed by atoms with Crippen molar-refractivity contribution >= 4 is 11.6 Å². The Morgan fingerprint density at radius 2 is 2.26 bits per heavy atom. The maximum absolute atomic E-state index is 12.0. The van der Waals surface area contributed by atoms with E-state index in [0.717, 1.165) is 17.7 Å². The van der Waals surface area contributed by atoms with Gasteiger partial charge in [-0.3, -0.25) is 4.79 Å². The summed E-state index contributed by atoms with van der Waals surface area (Å²) in [5, 5.41) is 2.77. The van der Waals surface area contributed by atoms with Crippen molar-refractivity contribution in [2.24, 2.45) is 0 Å². The van der Waals surface area contributed by atoms with Crippen LogP contribution in [0.1, 0.15) is 34.5 Å². The second kappa shape index (κ2) is 5.56. The third-order valence-electron chi connectivity index (χ3n) is 2.86. The average molecular weight is 259 g/mol. The molecule has 1 aromatic carbocycles. The molecule has 3 N–H and O–H groups in total. The number of nitrogens with zero attached hydrogens (tertiary/aromatic N) is 1. The second-order valence-electron chi connectivity index (χ2n) is 4.33. The Hall–Kier alpha value is -2.30. The lowest BCUT2D eigenvalue weighted by Crippen LogP contribution is -2.23. The van der Waals surface area contributed by atoms with Crippen LogP contribution in [0, 0.1) is 6.92 Å². The average Bonchev–Trinajstić information content (AvgIpc) is 2.87. The molecular formula is C14H17N3O2. The van der Waals surface area contributed by atoms with E-state index in [0.29, 0.717) is 17.1 Å². The van der Waals surface area contributed by atoms with Gasteiger partial charge in [-0.15, -0.1) is 0 Å². The first-order valence-corrected chi connectivity index (χ1v) is 6.18. The summed E-state index contributed by atoms with van der Waals surface area (Å²) < 4.78 is 5.42. The molecule has 19 heavy (non-hydrogen) atoms. The zero-order valence-electron chi connectivity index (χ0n) is 11.1.